The molecule has 15 heavy (non-hydrogen) atoms. The number of nitrogen functional groups attached to an aromatic ring is 1. The van der Waals surface area contributed by atoms with Crippen LogP contribution in [0.1, 0.15) is 20.8 Å². The third-order valence-electron chi connectivity index (χ3n) is 1.84. The fourth-order valence-corrected chi connectivity index (χ4v) is 3.27. The Kier molecular flexibility index (Phi) is 3.09. The van der Waals surface area contributed by atoms with Gasteiger partial charge in [-0.05, 0) is 23.6 Å². The van der Waals surface area contributed by atoms with E-state index in [4.69, 9.17) is 5.73 Å². The van der Waals surface area contributed by atoms with Crippen molar-refractivity contribution in [2.24, 2.45) is 5.41 Å². The average molecular weight is 227 g/mol. The van der Waals surface area contributed by atoms with Gasteiger partial charge >= 0.3 is 0 Å². The van der Waals surface area contributed by atoms with Crippen molar-refractivity contribution in [2.45, 2.75) is 25.7 Å². The zero-order valence-corrected chi connectivity index (χ0v) is 10.1. The Morgan fingerprint density at radius 3 is 2.33 bits per heavy atom. The van der Waals surface area contributed by atoms with Gasteiger partial charge in [-0.2, -0.15) is 0 Å². The van der Waals surface area contributed by atoms with Gasteiger partial charge in [0.15, 0.2) is 9.84 Å². The Morgan fingerprint density at radius 1 is 1.27 bits per heavy atom. The Bertz CT molecular complexity index is 444. The highest BCUT2D eigenvalue weighted by atomic mass is 32.2. The Labute approximate surface area is 91.2 Å². The standard InChI is InChI=1S/C11H17NO2S/c1-11(2,3)8-15(13,14)10-6-4-5-9(12)7-10/h4-7H,8,12H2,1-3H3. The molecule has 0 radical (unpaired) electrons. The van der Waals surface area contributed by atoms with Crippen molar-refractivity contribution >= 4 is 15.5 Å². The maximum atomic E-state index is 11.9. The van der Waals surface area contributed by atoms with Crippen LogP contribution in [0.5, 0.6) is 0 Å². The molecule has 0 spiro atoms. The molecule has 0 aliphatic heterocycles. The summed E-state index contributed by atoms with van der Waals surface area (Å²) in [4.78, 5) is 0.303. The van der Waals surface area contributed by atoms with Crippen LogP contribution >= 0.6 is 0 Å². The summed E-state index contributed by atoms with van der Waals surface area (Å²) in [6.45, 7) is 5.70. The van der Waals surface area contributed by atoms with Crippen molar-refractivity contribution < 1.29 is 8.42 Å². The first kappa shape index (κ1) is 12.0. The van der Waals surface area contributed by atoms with E-state index in [9.17, 15) is 8.42 Å². The summed E-state index contributed by atoms with van der Waals surface area (Å²) in [7, 11) is -3.22. The molecule has 2 N–H and O–H groups in total. The van der Waals surface area contributed by atoms with Crippen LogP contribution in [0.3, 0.4) is 0 Å². The smallest absolute Gasteiger partial charge is 0.178 e. The lowest BCUT2D eigenvalue weighted by Gasteiger charge is -2.18. The van der Waals surface area contributed by atoms with Crippen molar-refractivity contribution in [3.63, 3.8) is 0 Å². The lowest BCUT2D eigenvalue weighted by molar-refractivity contribution is 0.462. The molecule has 1 aromatic carbocycles. The lowest BCUT2D eigenvalue weighted by Crippen LogP contribution is -2.20. The normalized spacial score (nSPS) is 12.7. The van der Waals surface area contributed by atoms with E-state index in [1.807, 2.05) is 20.8 Å². The highest BCUT2D eigenvalue weighted by Gasteiger charge is 2.23. The molecule has 0 aliphatic rings. The van der Waals surface area contributed by atoms with Gasteiger partial charge in [0.2, 0.25) is 0 Å². The number of sulfone groups is 1. The minimum absolute atomic E-state index is 0.128. The minimum Gasteiger partial charge on any atom is -0.399 e. The molecule has 0 heterocycles. The summed E-state index contributed by atoms with van der Waals surface area (Å²) in [6.07, 6.45) is 0. The molecule has 0 atom stereocenters. The van der Waals surface area contributed by atoms with E-state index in [1.54, 1.807) is 18.2 Å². The molecule has 1 aromatic rings. The van der Waals surface area contributed by atoms with E-state index < -0.39 is 9.84 Å². The van der Waals surface area contributed by atoms with E-state index >= 15 is 0 Å². The summed E-state index contributed by atoms with van der Waals surface area (Å²) < 4.78 is 23.9. The monoisotopic (exact) mass is 227 g/mol. The van der Waals surface area contributed by atoms with Crippen molar-refractivity contribution in [3.8, 4) is 0 Å². The average Bonchev–Trinajstić information content (AvgIpc) is 1.99. The van der Waals surface area contributed by atoms with Crippen LogP contribution < -0.4 is 5.73 Å². The summed E-state index contributed by atoms with van der Waals surface area (Å²) in [5.41, 5.74) is 5.78. The van der Waals surface area contributed by atoms with E-state index in [2.05, 4.69) is 0 Å². The molecule has 0 aliphatic carbocycles. The van der Waals surface area contributed by atoms with Gasteiger partial charge in [0.05, 0.1) is 10.6 Å². The van der Waals surface area contributed by atoms with Crippen molar-refractivity contribution in [2.75, 3.05) is 11.5 Å². The largest absolute Gasteiger partial charge is 0.399 e. The first-order valence-electron chi connectivity index (χ1n) is 4.79. The highest BCUT2D eigenvalue weighted by Crippen LogP contribution is 2.22. The summed E-state index contributed by atoms with van der Waals surface area (Å²) in [5.74, 6) is 0.128. The van der Waals surface area contributed by atoms with Crippen LogP contribution in [0.15, 0.2) is 29.2 Å². The molecule has 84 valence electrons. The van der Waals surface area contributed by atoms with Crippen molar-refractivity contribution in [1.29, 1.82) is 0 Å². The maximum absolute atomic E-state index is 11.9. The Morgan fingerprint density at radius 2 is 1.87 bits per heavy atom. The van der Waals surface area contributed by atoms with Crippen LogP contribution in [0, 0.1) is 5.41 Å². The lowest BCUT2D eigenvalue weighted by atomic mass is 10.0. The van der Waals surface area contributed by atoms with E-state index in [1.165, 1.54) is 6.07 Å². The first-order valence-corrected chi connectivity index (χ1v) is 6.44. The van der Waals surface area contributed by atoms with Gasteiger partial charge in [-0.3, -0.25) is 0 Å². The fourth-order valence-electron chi connectivity index (χ4n) is 1.36. The Hall–Kier alpha value is -1.03. The van der Waals surface area contributed by atoms with E-state index in [-0.39, 0.29) is 11.2 Å². The molecule has 0 bridgehead atoms. The molecule has 3 nitrogen and oxygen atoms in total. The first-order chi connectivity index (χ1) is 6.71. The number of rotatable bonds is 2. The van der Waals surface area contributed by atoms with Crippen LogP contribution in [0.25, 0.3) is 0 Å². The molecule has 0 unspecified atom stereocenters. The predicted molar refractivity (Wildman–Crippen MR) is 62.4 cm³/mol. The summed E-state index contributed by atoms with van der Waals surface area (Å²) >= 11 is 0. The van der Waals surface area contributed by atoms with Crippen LogP contribution in [0.2, 0.25) is 0 Å². The summed E-state index contributed by atoms with van der Waals surface area (Å²) in [5, 5.41) is 0. The van der Waals surface area contributed by atoms with Crippen molar-refractivity contribution in [1.82, 2.24) is 0 Å². The zero-order chi connectivity index (χ0) is 11.7. The van der Waals surface area contributed by atoms with E-state index in [0.29, 0.717) is 10.6 Å². The zero-order valence-electron chi connectivity index (χ0n) is 9.32. The van der Waals surface area contributed by atoms with Gasteiger partial charge in [-0.1, -0.05) is 26.8 Å². The molecule has 0 fully saturated rings. The SMILES string of the molecule is CC(C)(C)CS(=O)(=O)c1cccc(N)c1. The second-order valence-corrected chi connectivity index (χ2v) is 6.88. The number of hydrogen-bond acceptors (Lipinski definition) is 3. The molecule has 0 amide bonds. The van der Waals surface area contributed by atoms with Crippen LogP contribution in [-0.2, 0) is 9.84 Å². The molecular weight excluding hydrogens is 210 g/mol. The van der Waals surface area contributed by atoms with Crippen LogP contribution in [-0.4, -0.2) is 14.2 Å². The highest BCUT2D eigenvalue weighted by molar-refractivity contribution is 7.91. The number of hydrogen-bond donors (Lipinski definition) is 1. The molecular formula is C11H17NO2S. The Balaban J connectivity index is 3.07. The molecule has 0 aromatic heterocycles. The third kappa shape index (κ3) is 3.55. The van der Waals surface area contributed by atoms with Gasteiger partial charge in [-0.25, -0.2) is 8.42 Å². The van der Waals surface area contributed by atoms with Gasteiger partial charge < -0.3 is 5.73 Å². The minimum atomic E-state index is -3.22. The third-order valence-corrected chi connectivity index (χ3v) is 4.06. The summed E-state index contributed by atoms with van der Waals surface area (Å²) in [6, 6.07) is 6.42. The number of benzene rings is 1. The van der Waals surface area contributed by atoms with Gasteiger partial charge in [0, 0.05) is 5.69 Å². The molecule has 0 saturated carbocycles. The second kappa shape index (κ2) is 3.85. The molecule has 0 saturated heterocycles. The van der Waals surface area contributed by atoms with Gasteiger partial charge in [0.1, 0.15) is 0 Å². The number of anilines is 1. The predicted octanol–water partition coefficient (Wildman–Crippen LogP) is 2.09. The topological polar surface area (TPSA) is 60.2 Å². The van der Waals surface area contributed by atoms with Crippen molar-refractivity contribution in [3.05, 3.63) is 24.3 Å². The fraction of sp³-hybridized carbons (Fsp3) is 0.455. The quantitative estimate of drug-likeness (QED) is 0.787. The molecule has 1 rings (SSSR count). The second-order valence-electron chi connectivity index (χ2n) is 4.89. The molecule has 4 heteroatoms. The number of nitrogens with two attached hydrogens (primary N) is 1. The van der Waals surface area contributed by atoms with Crippen LogP contribution in [0.4, 0.5) is 5.69 Å². The van der Waals surface area contributed by atoms with Gasteiger partial charge in [-0.15, -0.1) is 0 Å². The van der Waals surface area contributed by atoms with Gasteiger partial charge in [0.25, 0.3) is 0 Å². The maximum Gasteiger partial charge on any atom is 0.178 e. The van der Waals surface area contributed by atoms with E-state index in [0.717, 1.165) is 0 Å².